The van der Waals surface area contributed by atoms with Gasteiger partial charge in [0.25, 0.3) is 0 Å². The molecule has 1 aliphatic heterocycles. The second-order valence-electron chi connectivity index (χ2n) is 6.06. The molecule has 92 valence electrons. The first-order valence-corrected chi connectivity index (χ1v) is 7.24. The van der Waals surface area contributed by atoms with Crippen LogP contribution in [0.25, 0.3) is 0 Å². The van der Waals surface area contributed by atoms with Gasteiger partial charge in [0.05, 0.1) is 6.10 Å². The molecule has 3 rings (SSSR count). The first-order chi connectivity index (χ1) is 7.92. The summed E-state index contributed by atoms with van der Waals surface area (Å²) in [5.74, 6) is 3.17. The van der Waals surface area contributed by atoms with Gasteiger partial charge in [-0.1, -0.05) is 6.42 Å². The van der Waals surface area contributed by atoms with Crippen molar-refractivity contribution in [1.82, 2.24) is 5.32 Å². The van der Waals surface area contributed by atoms with Crippen molar-refractivity contribution in [1.29, 1.82) is 0 Å². The molecule has 4 atom stereocenters. The van der Waals surface area contributed by atoms with E-state index in [0.717, 1.165) is 24.4 Å². The second-order valence-corrected chi connectivity index (χ2v) is 6.06. The molecule has 2 aliphatic carbocycles. The van der Waals surface area contributed by atoms with E-state index in [2.05, 4.69) is 5.32 Å². The van der Waals surface area contributed by atoms with Gasteiger partial charge in [0.15, 0.2) is 0 Å². The Labute approximate surface area is 99.1 Å². The molecule has 1 heterocycles. The van der Waals surface area contributed by atoms with Gasteiger partial charge in [-0.2, -0.15) is 0 Å². The van der Waals surface area contributed by atoms with Crippen molar-refractivity contribution >= 4 is 0 Å². The fourth-order valence-corrected chi connectivity index (χ4v) is 4.05. The van der Waals surface area contributed by atoms with Crippen molar-refractivity contribution in [3.63, 3.8) is 0 Å². The van der Waals surface area contributed by atoms with Gasteiger partial charge in [-0.15, -0.1) is 0 Å². The second kappa shape index (κ2) is 5.05. The molecule has 0 spiro atoms. The summed E-state index contributed by atoms with van der Waals surface area (Å²) in [6.45, 7) is 3.43. The predicted molar refractivity (Wildman–Crippen MR) is 65.4 cm³/mol. The van der Waals surface area contributed by atoms with Gasteiger partial charge in [-0.3, -0.25) is 0 Å². The van der Waals surface area contributed by atoms with E-state index in [9.17, 15) is 0 Å². The van der Waals surface area contributed by atoms with E-state index in [1.807, 2.05) is 0 Å². The van der Waals surface area contributed by atoms with Crippen molar-refractivity contribution in [3.05, 3.63) is 0 Å². The molecule has 2 nitrogen and oxygen atoms in total. The topological polar surface area (TPSA) is 21.3 Å². The van der Waals surface area contributed by atoms with E-state index in [1.165, 1.54) is 58.0 Å². The standard InChI is InChI=1S/C14H25NO/c1-2-14(16-7-1)5-6-15-10-13-9-11-3-4-12(13)8-11/h11-15H,1-10H2. The zero-order chi connectivity index (χ0) is 10.8. The number of hydrogen-bond donors (Lipinski definition) is 1. The highest BCUT2D eigenvalue weighted by Crippen LogP contribution is 2.47. The van der Waals surface area contributed by atoms with Crippen LogP contribution < -0.4 is 5.32 Å². The van der Waals surface area contributed by atoms with E-state index in [0.29, 0.717) is 6.10 Å². The van der Waals surface area contributed by atoms with Crippen LogP contribution in [-0.2, 0) is 4.74 Å². The van der Waals surface area contributed by atoms with Crippen LogP contribution in [0.5, 0.6) is 0 Å². The van der Waals surface area contributed by atoms with Gasteiger partial charge in [0, 0.05) is 6.61 Å². The molecule has 2 saturated carbocycles. The summed E-state index contributed by atoms with van der Waals surface area (Å²) in [7, 11) is 0. The van der Waals surface area contributed by atoms with Crippen molar-refractivity contribution in [3.8, 4) is 0 Å². The summed E-state index contributed by atoms with van der Waals surface area (Å²) >= 11 is 0. The monoisotopic (exact) mass is 223 g/mol. The molecule has 0 aromatic rings. The molecule has 0 aromatic heterocycles. The van der Waals surface area contributed by atoms with Gasteiger partial charge in [0.2, 0.25) is 0 Å². The maximum atomic E-state index is 5.63. The van der Waals surface area contributed by atoms with Gasteiger partial charge < -0.3 is 10.1 Å². The maximum absolute atomic E-state index is 5.63. The van der Waals surface area contributed by atoms with E-state index in [4.69, 9.17) is 4.74 Å². The molecule has 2 heteroatoms. The summed E-state index contributed by atoms with van der Waals surface area (Å²) in [6.07, 6.45) is 10.4. The lowest BCUT2D eigenvalue weighted by atomic mass is 9.89. The summed E-state index contributed by atoms with van der Waals surface area (Å²) in [5, 5.41) is 3.66. The minimum Gasteiger partial charge on any atom is -0.378 e. The summed E-state index contributed by atoms with van der Waals surface area (Å²) in [5.41, 5.74) is 0. The molecular weight excluding hydrogens is 198 g/mol. The largest absolute Gasteiger partial charge is 0.378 e. The maximum Gasteiger partial charge on any atom is 0.0588 e. The molecule has 2 bridgehead atoms. The highest BCUT2D eigenvalue weighted by molar-refractivity contribution is 4.90. The average Bonchev–Trinajstić information content (AvgIpc) is 3.01. The Morgan fingerprint density at radius 2 is 2.12 bits per heavy atom. The van der Waals surface area contributed by atoms with Crippen LogP contribution in [-0.4, -0.2) is 25.8 Å². The lowest BCUT2D eigenvalue weighted by molar-refractivity contribution is 0.104. The Bertz CT molecular complexity index is 225. The van der Waals surface area contributed by atoms with Crippen molar-refractivity contribution in [2.75, 3.05) is 19.7 Å². The Morgan fingerprint density at radius 1 is 1.12 bits per heavy atom. The molecule has 0 aromatic carbocycles. The Kier molecular flexibility index (Phi) is 3.49. The van der Waals surface area contributed by atoms with Crippen molar-refractivity contribution in [2.45, 2.75) is 51.0 Å². The van der Waals surface area contributed by atoms with Crippen molar-refractivity contribution in [2.24, 2.45) is 17.8 Å². The molecular formula is C14H25NO. The predicted octanol–water partition coefficient (Wildman–Crippen LogP) is 2.58. The van der Waals surface area contributed by atoms with E-state index in [-0.39, 0.29) is 0 Å². The fourth-order valence-electron chi connectivity index (χ4n) is 4.05. The molecule has 3 aliphatic rings. The lowest BCUT2D eigenvalue weighted by Crippen LogP contribution is -2.28. The molecule has 0 radical (unpaired) electrons. The summed E-state index contributed by atoms with van der Waals surface area (Å²) < 4.78 is 5.63. The fraction of sp³-hybridized carbons (Fsp3) is 1.00. The zero-order valence-electron chi connectivity index (χ0n) is 10.3. The molecule has 0 amide bonds. The Balaban J connectivity index is 1.29. The minimum absolute atomic E-state index is 0.563. The first kappa shape index (κ1) is 11.0. The van der Waals surface area contributed by atoms with Crippen LogP contribution >= 0.6 is 0 Å². The number of fused-ring (bicyclic) bond motifs is 2. The quantitative estimate of drug-likeness (QED) is 0.723. The molecule has 1 N–H and O–H groups in total. The summed E-state index contributed by atoms with van der Waals surface area (Å²) in [4.78, 5) is 0. The number of rotatable bonds is 5. The average molecular weight is 223 g/mol. The lowest BCUT2D eigenvalue weighted by Gasteiger charge is -2.22. The van der Waals surface area contributed by atoms with E-state index < -0.39 is 0 Å². The van der Waals surface area contributed by atoms with Gasteiger partial charge in [-0.05, 0) is 69.4 Å². The Morgan fingerprint density at radius 3 is 2.81 bits per heavy atom. The normalized spacial score (nSPS) is 42.0. The third-order valence-electron chi connectivity index (χ3n) is 4.96. The minimum atomic E-state index is 0.563. The Hall–Kier alpha value is -0.0800. The van der Waals surface area contributed by atoms with Crippen LogP contribution in [0.3, 0.4) is 0 Å². The molecule has 3 fully saturated rings. The van der Waals surface area contributed by atoms with Crippen LogP contribution in [0.15, 0.2) is 0 Å². The number of ether oxygens (including phenoxy) is 1. The molecule has 1 saturated heterocycles. The van der Waals surface area contributed by atoms with Crippen LogP contribution in [0.2, 0.25) is 0 Å². The third-order valence-corrected chi connectivity index (χ3v) is 4.96. The summed E-state index contributed by atoms with van der Waals surface area (Å²) in [6, 6.07) is 0. The van der Waals surface area contributed by atoms with E-state index >= 15 is 0 Å². The number of hydrogen-bond acceptors (Lipinski definition) is 2. The van der Waals surface area contributed by atoms with Crippen molar-refractivity contribution < 1.29 is 4.74 Å². The van der Waals surface area contributed by atoms with Crippen LogP contribution in [0, 0.1) is 17.8 Å². The van der Waals surface area contributed by atoms with E-state index in [1.54, 1.807) is 0 Å². The van der Waals surface area contributed by atoms with Gasteiger partial charge >= 0.3 is 0 Å². The van der Waals surface area contributed by atoms with Crippen LogP contribution in [0.4, 0.5) is 0 Å². The third kappa shape index (κ3) is 2.43. The van der Waals surface area contributed by atoms with Gasteiger partial charge in [-0.25, -0.2) is 0 Å². The smallest absolute Gasteiger partial charge is 0.0588 e. The molecule has 4 unspecified atom stereocenters. The highest BCUT2D eigenvalue weighted by Gasteiger charge is 2.38. The number of nitrogens with one attached hydrogen (secondary N) is 1. The SMILES string of the molecule is C1COC(CCNCC2CC3CCC2C3)C1. The molecule has 16 heavy (non-hydrogen) atoms. The first-order valence-electron chi connectivity index (χ1n) is 7.24. The van der Waals surface area contributed by atoms with Crippen LogP contribution in [0.1, 0.15) is 44.9 Å². The van der Waals surface area contributed by atoms with Gasteiger partial charge in [0.1, 0.15) is 0 Å². The zero-order valence-corrected chi connectivity index (χ0v) is 10.3. The highest BCUT2D eigenvalue weighted by atomic mass is 16.5.